The number of nitrogens with one attached hydrogen (secondary N) is 1. The van der Waals surface area contributed by atoms with Crippen LogP contribution in [0.25, 0.3) is 0 Å². The van der Waals surface area contributed by atoms with Crippen LogP contribution in [0.2, 0.25) is 5.02 Å². The molecule has 86 valence electrons. The Labute approximate surface area is 108 Å². The van der Waals surface area contributed by atoms with Crippen LogP contribution in [0.1, 0.15) is 17.3 Å². The van der Waals surface area contributed by atoms with Crippen molar-refractivity contribution in [1.82, 2.24) is 0 Å². The molecular formula is C10H8Cl3NO2. The zero-order valence-electron chi connectivity index (χ0n) is 8.26. The molecule has 0 bridgehead atoms. The first kappa shape index (κ1) is 13.3. The van der Waals surface area contributed by atoms with Crippen LogP contribution in [0, 0.1) is 0 Å². The van der Waals surface area contributed by atoms with Gasteiger partial charge in [0.25, 0.3) is 0 Å². The molecule has 0 unspecified atom stereocenters. The summed E-state index contributed by atoms with van der Waals surface area (Å²) in [5, 5.41) is 2.74. The Balaban J connectivity index is 3.00. The van der Waals surface area contributed by atoms with Gasteiger partial charge in [-0.3, -0.25) is 9.59 Å². The number of alkyl halides is 2. The molecule has 1 aromatic rings. The number of halogens is 3. The molecule has 1 aromatic carbocycles. The third-order valence-corrected chi connectivity index (χ3v) is 2.46. The van der Waals surface area contributed by atoms with Gasteiger partial charge in [0.1, 0.15) is 0 Å². The van der Waals surface area contributed by atoms with Crippen molar-refractivity contribution >= 4 is 52.2 Å². The average molecular weight is 281 g/mol. The van der Waals surface area contributed by atoms with Crippen molar-refractivity contribution in [3.05, 3.63) is 28.8 Å². The van der Waals surface area contributed by atoms with E-state index in [1.165, 1.54) is 19.1 Å². The van der Waals surface area contributed by atoms with Crippen LogP contribution in [-0.2, 0) is 4.79 Å². The molecule has 3 nitrogen and oxygen atoms in total. The Morgan fingerprint density at radius 1 is 1.31 bits per heavy atom. The van der Waals surface area contributed by atoms with E-state index in [2.05, 4.69) is 5.32 Å². The van der Waals surface area contributed by atoms with Crippen molar-refractivity contribution in [2.24, 2.45) is 0 Å². The van der Waals surface area contributed by atoms with Gasteiger partial charge in [-0.05, 0) is 18.2 Å². The van der Waals surface area contributed by atoms with Crippen LogP contribution in [0.5, 0.6) is 0 Å². The third kappa shape index (κ3) is 3.37. The Kier molecular flexibility index (Phi) is 4.59. The summed E-state index contributed by atoms with van der Waals surface area (Å²) in [6.07, 6.45) is 0. The van der Waals surface area contributed by atoms with Gasteiger partial charge in [0, 0.05) is 18.2 Å². The van der Waals surface area contributed by atoms with Crippen molar-refractivity contribution in [2.45, 2.75) is 11.8 Å². The summed E-state index contributed by atoms with van der Waals surface area (Å²) in [6.45, 7) is 1.38. The van der Waals surface area contributed by atoms with Crippen molar-refractivity contribution in [3.8, 4) is 0 Å². The molecule has 0 saturated heterocycles. The van der Waals surface area contributed by atoms with Crippen molar-refractivity contribution < 1.29 is 9.59 Å². The Morgan fingerprint density at radius 3 is 2.38 bits per heavy atom. The van der Waals surface area contributed by atoms with Crippen LogP contribution >= 0.6 is 34.8 Å². The lowest BCUT2D eigenvalue weighted by atomic mass is 10.1. The summed E-state index contributed by atoms with van der Waals surface area (Å²) in [5.41, 5.74) is 0.737. The van der Waals surface area contributed by atoms with Crippen LogP contribution in [0.4, 0.5) is 5.69 Å². The SMILES string of the molecule is CC(=O)Nc1ccc(C(=O)C(Cl)Cl)c(Cl)c1. The van der Waals surface area contributed by atoms with E-state index in [0.29, 0.717) is 5.69 Å². The molecular weight excluding hydrogens is 272 g/mol. The van der Waals surface area contributed by atoms with Crippen LogP contribution in [-0.4, -0.2) is 16.5 Å². The highest BCUT2D eigenvalue weighted by Crippen LogP contribution is 2.24. The number of hydrogen-bond donors (Lipinski definition) is 1. The summed E-state index contributed by atoms with van der Waals surface area (Å²) in [5.74, 6) is -0.689. The van der Waals surface area contributed by atoms with Crippen LogP contribution in [0.3, 0.4) is 0 Å². The fraction of sp³-hybridized carbons (Fsp3) is 0.200. The van der Waals surface area contributed by atoms with Crippen molar-refractivity contribution in [3.63, 3.8) is 0 Å². The van der Waals surface area contributed by atoms with Gasteiger partial charge in [-0.2, -0.15) is 0 Å². The van der Waals surface area contributed by atoms with Gasteiger partial charge < -0.3 is 5.32 Å². The van der Waals surface area contributed by atoms with E-state index in [1.54, 1.807) is 6.07 Å². The zero-order chi connectivity index (χ0) is 12.3. The molecule has 1 N–H and O–H groups in total. The second kappa shape index (κ2) is 5.53. The van der Waals surface area contributed by atoms with Crippen LogP contribution < -0.4 is 5.32 Å². The van der Waals surface area contributed by atoms with Gasteiger partial charge in [0.15, 0.2) is 10.6 Å². The maximum absolute atomic E-state index is 11.5. The quantitative estimate of drug-likeness (QED) is 0.682. The lowest BCUT2D eigenvalue weighted by molar-refractivity contribution is -0.114. The van der Waals surface area contributed by atoms with E-state index >= 15 is 0 Å². The lowest BCUT2D eigenvalue weighted by Gasteiger charge is -2.07. The standard InChI is InChI=1S/C10H8Cl3NO2/c1-5(15)14-6-2-3-7(8(11)4-6)9(16)10(12)13/h2-4,10H,1H3,(H,14,15). The van der Waals surface area contributed by atoms with E-state index < -0.39 is 10.6 Å². The molecule has 0 heterocycles. The first-order valence-corrected chi connectivity index (χ1v) is 5.56. The predicted octanol–water partition coefficient (Wildman–Crippen LogP) is 3.28. The van der Waals surface area contributed by atoms with E-state index in [1.807, 2.05) is 0 Å². The minimum absolute atomic E-state index is 0.197. The minimum Gasteiger partial charge on any atom is -0.326 e. The second-order valence-corrected chi connectivity index (χ2v) is 4.54. The summed E-state index contributed by atoms with van der Waals surface area (Å²) >= 11 is 16.8. The molecule has 0 saturated carbocycles. The molecule has 0 radical (unpaired) electrons. The maximum Gasteiger partial charge on any atom is 0.221 e. The van der Waals surface area contributed by atoms with Gasteiger partial charge in [-0.25, -0.2) is 0 Å². The average Bonchev–Trinajstić information content (AvgIpc) is 2.15. The van der Waals surface area contributed by atoms with Gasteiger partial charge in [-0.15, -0.1) is 0 Å². The summed E-state index contributed by atoms with van der Waals surface area (Å²) in [7, 11) is 0. The molecule has 16 heavy (non-hydrogen) atoms. The largest absolute Gasteiger partial charge is 0.326 e. The number of Topliss-reactive ketones (excluding diaryl/α,β-unsaturated/α-hetero) is 1. The highest BCUT2D eigenvalue weighted by Gasteiger charge is 2.17. The second-order valence-electron chi connectivity index (χ2n) is 3.04. The van der Waals surface area contributed by atoms with Gasteiger partial charge >= 0.3 is 0 Å². The van der Waals surface area contributed by atoms with E-state index in [4.69, 9.17) is 34.8 Å². The number of amides is 1. The fourth-order valence-electron chi connectivity index (χ4n) is 1.11. The van der Waals surface area contributed by atoms with E-state index in [0.717, 1.165) is 0 Å². The number of rotatable bonds is 3. The summed E-state index contributed by atoms with van der Waals surface area (Å²) in [6, 6.07) is 4.48. The van der Waals surface area contributed by atoms with E-state index in [-0.39, 0.29) is 16.5 Å². The smallest absolute Gasteiger partial charge is 0.221 e. The lowest BCUT2D eigenvalue weighted by Crippen LogP contribution is -2.10. The number of anilines is 1. The predicted molar refractivity (Wildman–Crippen MR) is 65.6 cm³/mol. The Morgan fingerprint density at radius 2 is 1.94 bits per heavy atom. The number of carbonyl (C=O) groups excluding carboxylic acids is 2. The highest BCUT2D eigenvalue weighted by atomic mass is 35.5. The van der Waals surface area contributed by atoms with Crippen molar-refractivity contribution in [2.75, 3.05) is 5.32 Å². The van der Waals surface area contributed by atoms with Gasteiger partial charge in [0.05, 0.1) is 5.02 Å². The molecule has 0 aromatic heterocycles. The molecule has 0 aliphatic carbocycles. The maximum atomic E-state index is 11.5. The monoisotopic (exact) mass is 279 g/mol. The van der Waals surface area contributed by atoms with Crippen molar-refractivity contribution in [1.29, 1.82) is 0 Å². The molecule has 0 aliphatic rings. The Hall–Kier alpha value is -0.770. The topological polar surface area (TPSA) is 46.2 Å². The van der Waals surface area contributed by atoms with Crippen LogP contribution in [0.15, 0.2) is 18.2 Å². The molecule has 0 spiro atoms. The minimum atomic E-state index is -1.15. The summed E-state index contributed by atoms with van der Waals surface area (Å²) < 4.78 is 0. The normalized spacial score (nSPS) is 10.3. The molecule has 1 rings (SSSR count). The first-order chi connectivity index (χ1) is 7.41. The Bertz CT molecular complexity index is 432. The molecule has 0 aliphatic heterocycles. The fourth-order valence-corrected chi connectivity index (χ4v) is 1.62. The molecule has 0 atom stereocenters. The zero-order valence-corrected chi connectivity index (χ0v) is 10.5. The first-order valence-electron chi connectivity index (χ1n) is 4.31. The molecule has 0 fully saturated rings. The number of ketones is 1. The van der Waals surface area contributed by atoms with Gasteiger partial charge in [-0.1, -0.05) is 34.8 Å². The number of hydrogen-bond acceptors (Lipinski definition) is 2. The van der Waals surface area contributed by atoms with Gasteiger partial charge in [0.2, 0.25) is 5.91 Å². The molecule has 1 amide bonds. The third-order valence-electron chi connectivity index (χ3n) is 1.75. The highest BCUT2D eigenvalue weighted by molar-refractivity contribution is 6.56. The molecule has 6 heteroatoms. The number of benzene rings is 1. The van der Waals surface area contributed by atoms with E-state index in [9.17, 15) is 9.59 Å². The number of carbonyl (C=O) groups is 2. The summed E-state index contributed by atoms with van der Waals surface area (Å²) in [4.78, 5) is 21.1.